The zero-order chi connectivity index (χ0) is 20.4. The van der Waals surface area contributed by atoms with Crippen LogP contribution in [0.1, 0.15) is 38.1 Å². The summed E-state index contributed by atoms with van der Waals surface area (Å²) in [4.78, 5) is 6.22. The van der Waals surface area contributed by atoms with E-state index >= 15 is 0 Å². The fourth-order valence-corrected chi connectivity index (χ4v) is 4.46. The summed E-state index contributed by atoms with van der Waals surface area (Å²) in [5, 5.41) is 4.85. The van der Waals surface area contributed by atoms with Crippen LogP contribution >= 0.6 is 11.6 Å². The number of hydrogen-bond acceptors (Lipinski definition) is 4. The third kappa shape index (κ3) is 5.04. The van der Waals surface area contributed by atoms with Crippen molar-refractivity contribution in [3.8, 4) is 11.1 Å². The van der Waals surface area contributed by atoms with Gasteiger partial charge in [0.2, 0.25) is 0 Å². The van der Waals surface area contributed by atoms with Gasteiger partial charge in [-0.1, -0.05) is 11.6 Å². The van der Waals surface area contributed by atoms with Crippen LogP contribution < -0.4 is 4.90 Å². The van der Waals surface area contributed by atoms with Crippen molar-refractivity contribution in [2.24, 2.45) is 5.92 Å². The summed E-state index contributed by atoms with van der Waals surface area (Å²) in [5.41, 5.74) is 2.57. The molecule has 2 aliphatic heterocycles. The lowest BCUT2D eigenvalue weighted by Crippen LogP contribution is -2.37. The lowest BCUT2D eigenvalue weighted by molar-refractivity contribution is -0.144. The molecule has 0 bridgehead atoms. The summed E-state index contributed by atoms with van der Waals surface area (Å²) in [6.07, 6.45) is 3.72. The quantitative estimate of drug-likeness (QED) is 0.634. The van der Waals surface area contributed by atoms with Gasteiger partial charge in [-0.15, -0.1) is 0 Å². The van der Waals surface area contributed by atoms with E-state index in [4.69, 9.17) is 16.3 Å². The highest BCUT2D eigenvalue weighted by Gasteiger charge is 2.34. The number of pyridine rings is 1. The number of ether oxygens (including phenoxy) is 1. The first-order chi connectivity index (χ1) is 13.9. The Kier molecular flexibility index (Phi) is 6.01. The molecule has 9 heteroatoms. The van der Waals surface area contributed by atoms with Gasteiger partial charge in [0.05, 0.1) is 12.2 Å². The van der Waals surface area contributed by atoms with Crippen molar-refractivity contribution in [3.05, 3.63) is 29.8 Å². The highest BCUT2D eigenvalue weighted by atomic mass is 35.5. The number of rotatable bonds is 4. The Hall–Kier alpha value is -1.80. The third-order valence-corrected chi connectivity index (χ3v) is 5.91. The predicted molar refractivity (Wildman–Crippen MR) is 105 cm³/mol. The second-order valence-corrected chi connectivity index (χ2v) is 8.24. The molecule has 5 nitrogen and oxygen atoms in total. The Labute approximate surface area is 172 Å². The molecular weight excluding hydrogens is 405 g/mol. The molecule has 0 amide bonds. The molecule has 0 radical (unpaired) electrons. The fraction of sp³-hybridized carbons (Fsp3) is 0.600. The van der Waals surface area contributed by atoms with E-state index < -0.39 is 18.5 Å². The van der Waals surface area contributed by atoms with Crippen LogP contribution in [0.4, 0.5) is 18.9 Å². The number of piperidine rings is 1. The topological polar surface area (TPSA) is 43.2 Å². The maximum Gasteiger partial charge on any atom is 0.389 e. The summed E-state index contributed by atoms with van der Waals surface area (Å²) in [6, 6.07) is 2.05. The van der Waals surface area contributed by atoms with E-state index in [1.807, 2.05) is 15.8 Å². The van der Waals surface area contributed by atoms with Crippen LogP contribution in [0.3, 0.4) is 0 Å². The van der Waals surface area contributed by atoms with Crippen LogP contribution in [0.15, 0.2) is 24.7 Å². The highest BCUT2D eigenvalue weighted by molar-refractivity contribution is 6.29. The zero-order valence-corrected chi connectivity index (χ0v) is 16.8. The summed E-state index contributed by atoms with van der Waals surface area (Å²) < 4.78 is 46.0. The van der Waals surface area contributed by atoms with Gasteiger partial charge < -0.3 is 9.64 Å². The highest BCUT2D eigenvalue weighted by Crippen LogP contribution is 2.37. The molecule has 2 aliphatic rings. The Balaban J connectivity index is 1.59. The molecule has 0 saturated carbocycles. The van der Waals surface area contributed by atoms with E-state index in [-0.39, 0.29) is 0 Å². The smallest absolute Gasteiger partial charge is 0.381 e. The fourth-order valence-electron chi connectivity index (χ4n) is 4.31. The van der Waals surface area contributed by atoms with Crippen molar-refractivity contribution in [1.82, 2.24) is 14.8 Å². The number of anilines is 1. The molecule has 29 heavy (non-hydrogen) atoms. The molecule has 4 rings (SSSR count). The van der Waals surface area contributed by atoms with Crippen molar-refractivity contribution in [2.45, 2.75) is 44.3 Å². The minimum absolute atomic E-state index is 0.298. The number of nitrogens with zero attached hydrogens (tertiary/aromatic N) is 4. The van der Waals surface area contributed by atoms with Crippen LogP contribution in [-0.2, 0) is 4.74 Å². The van der Waals surface area contributed by atoms with E-state index in [0.29, 0.717) is 30.7 Å². The molecule has 2 fully saturated rings. The minimum Gasteiger partial charge on any atom is -0.381 e. The van der Waals surface area contributed by atoms with E-state index in [1.54, 1.807) is 18.5 Å². The average Bonchev–Trinajstić information content (AvgIpc) is 3.17. The van der Waals surface area contributed by atoms with Gasteiger partial charge in [0, 0.05) is 61.9 Å². The first-order valence-corrected chi connectivity index (χ1v) is 10.4. The lowest BCUT2D eigenvalue weighted by Gasteiger charge is -2.35. The molecule has 2 aromatic heterocycles. The Morgan fingerprint density at radius 1 is 1.17 bits per heavy atom. The van der Waals surface area contributed by atoms with E-state index in [1.165, 1.54) is 0 Å². The Morgan fingerprint density at radius 3 is 2.72 bits per heavy atom. The molecule has 2 saturated heterocycles. The van der Waals surface area contributed by atoms with Gasteiger partial charge in [-0.3, -0.25) is 4.68 Å². The second kappa shape index (κ2) is 8.52. The maximum absolute atomic E-state index is 12.9. The minimum atomic E-state index is -4.14. The van der Waals surface area contributed by atoms with Gasteiger partial charge in [0.1, 0.15) is 5.15 Å². The van der Waals surface area contributed by atoms with Crippen molar-refractivity contribution < 1.29 is 17.9 Å². The van der Waals surface area contributed by atoms with Crippen LogP contribution in [0.25, 0.3) is 11.1 Å². The molecule has 0 spiro atoms. The van der Waals surface area contributed by atoms with Crippen LogP contribution in [0.5, 0.6) is 0 Å². The SMILES string of the molecule is FC(F)(F)CC1CCCN(c2cc(Cl)ncc2-c2cnn(C3CCOCC3)c2)C1. The van der Waals surface area contributed by atoms with Gasteiger partial charge >= 0.3 is 6.18 Å². The van der Waals surface area contributed by atoms with E-state index in [9.17, 15) is 13.2 Å². The second-order valence-electron chi connectivity index (χ2n) is 7.85. The molecule has 1 unspecified atom stereocenters. The van der Waals surface area contributed by atoms with Crippen molar-refractivity contribution in [3.63, 3.8) is 0 Å². The van der Waals surface area contributed by atoms with Gasteiger partial charge in [-0.2, -0.15) is 18.3 Å². The predicted octanol–water partition coefficient (Wildman–Crippen LogP) is 5.12. The molecule has 2 aromatic rings. The summed E-state index contributed by atoms with van der Waals surface area (Å²) >= 11 is 6.14. The molecule has 1 atom stereocenters. The Morgan fingerprint density at radius 2 is 1.97 bits per heavy atom. The molecule has 158 valence electrons. The van der Waals surface area contributed by atoms with Crippen LogP contribution in [0, 0.1) is 5.92 Å². The average molecular weight is 429 g/mol. The molecule has 0 aliphatic carbocycles. The van der Waals surface area contributed by atoms with Crippen LogP contribution in [0.2, 0.25) is 5.15 Å². The number of halogens is 4. The van der Waals surface area contributed by atoms with Crippen molar-refractivity contribution in [1.29, 1.82) is 0 Å². The lowest BCUT2D eigenvalue weighted by atomic mass is 9.93. The number of hydrogen-bond donors (Lipinski definition) is 0. The molecule has 0 N–H and O–H groups in total. The number of alkyl halides is 3. The van der Waals surface area contributed by atoms with Gasteiger partial charge in [-0.25, -0.2) is 4.98 Å². The van der Waals surface area contributed by atoms with E-state index in [0.717, 1.165) is 49.3 Å². The monoisotopic (exact) mass is 428 g/mol. The normalized spacial score (nSPS) is 21.5. The molecule has 4 heterocycles. The van der Waals surface area contributed by atoms with Crippen molar-refractivity contribution in [2.75, 3.05) is 31.2 Å². The van der Waals surface area contributed by atoms with Crippen LogP contribution in [-0.4, -0.2) is 47.2 Å². The van der Waals surface area contributed by atoms with Gasteiger partial charge in [0.25, 0.3) is 0 Å². The Bertz CT molecular complexity index is 835. The van der Waals surface area contributed by atoms with Gasteiger partial charge in [-0.05, 0) is 37.7 Å². The summed E-state index contributed by atoms with van der Waals surface area (Å²) in [5.74, 6) is -0.409. The first kappa shape index (κ1) is 20.5. The molecule has 0 aromatic carbocycles. The maximum atomic E-state index is 12.9. The zero-order valence-electron chi connectivity index (χ0n) is 16.0. The number of aromatic nitrogens is 3. The standard InChI is InChI=1S/C20H24ClF3N4O/c21-19-8-18(27-5-1-2-14(12-27)9-20(22,23)24)17(11-25-19)15-10-26-28(13-15)16-3-6-29-7-4-16/h8,10-11,13-14,16H,1-7,9,12H2. The summed E-state index contributed by atoms with van der Waals surface area (Å²) in [7, 11) is 0. The van der Waals surface area contributed by atoms with Crippen molar-refractivity contribution >= 4 is 17.3 Å². The third-order valence-electron chi connectivity index (χ3n) is 5.71. The first-order valence-electron chi connectivity index (χ1n) is 9.98. The van der Waals surface area contributed by atoms with E-state index in [2.05, 4.69) is 10.1 Å². The largest absolute Gasteiger partial charge is 0.389 e. The summed E-state index contributed by atoms with van der Waals surface area (Å²) in [6.45, 7) is 2.51. The molecular formula is C20H24ClF3N4O. The van der Waals surface area contributed by atoms with Gasteiger partial charge in [0.15, 0.2) is 0 Å².